The molecule has 0 amide bonds. The normalized spacial score (nSPS) is 44.3. The van der Waals surface area contributed by atoms with Crippen molar-refractivity contribution in [3.8, 4) is 0 Å². The van der Waals surface area contributed by atoms with Gasteiger partial charge in [0.25, 0.3) is 0 Å². The summed E-state index contributed by atoms with van der Waals surface area (Å²) in [6.07, 6.45) is 7.70. The molecule has 4 aliphatic rings. The van der Waals surface area contributed by atoms with Gasteiger partial charge < -0.3 is 4.74 Å². The minimum atomic E-state index is 0.401. The molecule has 0 aromatic carbocycles. The number of ether oxygens (including phenoxy) is 1. The molecule has 0 aromatic rings. The van der Waals surface area contributed by atoms with Gasteiger partial charge in [-0.2, -0.15) is 0 Å². The van der Waals surface area contributed by atoms with Crippen molar-refractivity contribution in [3.63, 3.8) is 0 Å². The Morgan fingerprint density at radius 3 is 1.94 bits per heavy atom. The average molecular weight is 236 g/mol. The SMILES string of the molecule is CCOCC(C)(C)C1C2CC3CC(C2)CC1C3. The summed E-state index contributed by atoms with van der Waals surface area (Å²) in [7, 11) is 0. The van der Waals surface area contributed by atoms with Crippen molar-refractivity contribution in [3.05, 3.63) is 0 Å². The Hall–Kier alpha value is -0.0400. The second-order valence-electron chi connectivity index (χ2n) is 7.58. The van der Waals surface area contributed by atoms with Crippen LogP contribution in [0.1, 0.15) is 52.9 Å². The molecule has 1 nitrogen and oxygen atoms in total. The molecule has 0 radical (unpaired) electrons. The standard InChI is InChI=1S/C16H28O/c1-4-17-10-16(2,3)15-13-6-11-5-12(8-13)9-14(15)7-11/h11-15H,4-10H2,1-3H3. The van der Waals surface area contributed by atoms with E-state index in [1.165, 1.54) is 25.7 Å². The molecule has 0 atom stereocenters. The van der Waals surface area contributed by atoms with Crippen LogP contribution in [0, 0.1) is 35.0 Å². The molecular weight excluding hydrogens is 208 g/mol. The number of rotatable bonds is 4. The first kappa shape index (κ1) is 12.0. The van der Waals surface area contributed by atoms with Gasteiger partial charge in [-0.15, -0.1) is 0 Å². The molecule has 0 saturated heterocycles. The van der Waals surface area contributed by atoms with Crippen LogP contribution in [0.25, 0.3) is 0 Å². The van der Waals surface area contributed by atoms with Gasteiger partial charge in [0.1, 0.15) is 0 Å². The molecule has 4 aliphatic carbocycles. The van der Waals surface area contributed by atoms with Crippen LogP contribution >= 0.6 is 0 Å². The first-order valence-electron chi connectivity index (χ1n) is 7.68. The maximum Gasteiger partial charge on any atom is 0.0519 e. The quantitative estimate of drug-likeness (QED) is 0.713. The first-order valence-corrected chi connectivity index (χ1v) is 7.68. The van der Waals surface area contributed by atoms with Gasteiger partial charge in [-0.25, -0.2) is 0 Å². The van der Waals surface area contributed by atoms with Crippen LogP contribution in [0.4, 0.5) is 0 Å². The maximum absolute atomic E-state index is 5.75. The third kappa shape index (κ3) is 2.05. The third-order valence-electron chi connectivity index (χ3n) is 5.81. The van der Waals surface area contributed by atoms with E-state index in [0.29, 0.717) is 5.41 Å². The van der Waals surface area contributed by atoms with Crippen LogP contribution in [0.5, 0.6) is 0 Å². The van der Waals surface area contributed by atoms with Gasteiger partial charge in [0.05, 0.1) is 6.61 Å². The summed E-state index contributed by atoms with van der Waals surface area (Å²) in [6.45, 7) is 8.87. The third-order valence-corrected chi connectivity index (χ3v) is 5.81. The van der Waals surface area contributed by atoms with E-state index in [2.05, 4.69) is 20.8 Å². The van der Waals surface area contributed by atoms with Crippen molar-refractivity contribution in [2.75, 3.05) is 13.2 Å². The highest BCUT2D eigenvalue weighted by Crippen LogP contribution is 2.60. The highest BCUT2D eigenvalue weighted by molar-refractivity contribution is 5.02. The molecule has 17 heavy (non-hydrogen) atoms. The molecule has 0 spiro atoms. The molecule has 4 bridgehead atoms. The summed E-state index contributed by atoms with van der Waals surface area (Å²) in [4.78, 5) is 0. The molecule has 0 N–H and O–H groups in total. The lowest BCUT2D eigenvalue weighted by Crippen LogP contribution is -2.51. The van der Waals surface area contributed by atoms with Crippen LogP contribution in [0.3, 0.4) is 0 Å². The molecular formula is C16H28O. The van der Waals surface area contributed by atoms with E-state index in [1.54, 1.807) is 6.42 Å². The minimum absolute atomic E-state index is 0.401. The van der Waals surface area contributed by atoms with Crippen molar-refractivity contribution < 1.29 is 4.74 Å². The van der Waals surface area contributed by atoms with Crippen LogP contribution in [0.2, 0.25) is 0 Å². The molecule has 1 heteroatoms. The monoisotopic (exact) mass is 236 g/mol. The summed E-state index contributed by atoms with van der Waals surface area (Å²) in [6, 6.07) is 0. The largest absolute Gasteiger partial charge is 0.381 e. The zero-order valence-corrected chi connectivity index (χ0v) is 11.7. The topological polar surface area (TPSA) is 9.23 Å². The van der Waals surface area contributed by atoms with E-state index < -0.39 is 0 Å². The van der Waals surface area contributed by atoms with Crippen LogP contribution < -0.4 is 0 Å². The Kier molecular flexibility index (Phi) is 3.01. The summed E-state index contributed by atoms with van der Waals surface area (Å²) in [5.74, 6) is 5.19. The van der Waals surface area contributed by atoms with E-state index in [0.717, 1.165) is 42.8 Å². The summed E-state index contributed by atoms with van der Waals surface area (Å²) < 4.78 is 5.75. The maximum atomic E-state index is 5.75. The summed E-state index contributed by atoms with van der Waals surface area (Å²) in [5, 5.41) is 0. The molecule has 4 fully saturated rings. The zero-order valence-electron chi connectivity index (χ0n) is 11.7. The number of hydrogen-bond acceptors (Lipinski definition) is 1. The van der Waals surface area contributed by atoms with Crippen molar-refractivity contribution in [1.29, 1.82) is 0 Å². The smallest absolute Gasteiger partial charge is 0.0519 e. The Labute approximate surface area is 106 Å². The first-order chi connectivity index (χ1) is 8.10. The fourth-order valence-electron chi connectivity index (χ4n) is 5.66. The van der Waals surface area contributed by atoms with Gasteiger partial charge in [-0.3, -0.25) is 0 Å². The van der Waals surface area contributed by atoms with E-state index in [-0.39, 0.29) is 0 Å². The van der Waals surface area contributed by atoms with Crippen molar-refractivity contribution in [2.45, 2.75) is 52.9 Å². The lowest BCUT2D eigenvalue weighted by molar-refractivity contribution is -0.107. The predicted octanol–water partition coefficient (Wildman–Crippen LogP) is 4.12. The van der Waals surface area contributed by atoms with Gasteiger partial charge in [-0.05, 0) is 74.0 Å². The van der Waals surface area contributed by atoms with Crippen molar-refractivity contribution >= 4 is 0 Å². The minimum Gasteiger partial charge on any atom is -0.381 e. The molecule has 0 unspecified atom stereocenters. The molecule has 0 heterocycles. The highest BCUT2D eigenvalue weighted by Gasteiger charge is 2.52. The number of hydrogen-bond donors (Lipinski definition) is 0. The van der Waals surface area contributed by atoms with Crippen LogP contribution in [-0.4, -0.2) is 13.2 Å². The van der Waals surface area contributed by atoms with Gasteiger partial charge in [-0.1, -0.05) is 13.8 Å². The van der Waals surface area contributed by atoms with Gasteiger partial charge in [0.2, 0.25) is 0 Å². The van der Waals surface area contributed by atoms with Crippen molar-refractivity contribution in [1.82, 2.24) is 0 Å². The summed E-state index contributed by atoms with van der Waals surface area (Å²) in [5.41, 5.74) is 0.401. The lowest BCUT2D eigenvalue weighted by Gasteiger charge is -2.58. The van der Waals surface area contributed by atoms with Crippen LogP contribution in [0.15, 0.2) is 0 Å². The Bertz CT molecular complexity index is 253. The molecule has 0 aliphatic heterocycles. The Morgan fingerprint density at radius 2 is 1.47 bits per heavy atom. The molecule has 0 aromatic heterocycles. The van der Waals surface area contributed by atoms with E-state index >= 15 is 0 Å². The molecule has 4 saturated carbocycles. The zero-order chi connectivity index (χ0) is 12.0. The lowest BCUT2D eigenvalue weighted by atomic mass is 9.47. The van der Waals surface area contributed by atoms with Gasteiger partial charge in [0, 0.05) is 6.61 Å². The predicted molar refractivity (Wildman–Crippen MR) is 70.8 cm³/mol. The summed E-state index contributed by atoms with van der Waals surface area (Å²) >= 11 is 0. The second-order valence-corrected chi connectivity index (χ2v) is 7.58. The van der Waals surface area contributed by atoms with Gasteiger partial charge in [0.15, 0.2) is 0 Å². The van der Waals surface area contributed by atoms with Crippen LogP contribution in [-0.2, 0) is 4.74 Å². The average Bonchev–Trinajstić information content (AvgIpc) is 2.24. The Morgan fingerprint density at radius 1 is 0.941 bits per heavy atom. The van der Waals surface area contributed by atoms with E-state index in [1.807, 2.05) is 0 Å². The Balaban J connectivity index is 1.74. The molecule has 98 valence electrons. The highest BCUT2D eigenvalue weighted by atomic mass is 16.5. The fourth-order valence-corrected chi connectivity index (χ4v) is 5.66. The van der Waals surface area contributed by atoms with Gasteiger partial charge >= 0.3 is 0 Å². The van der Waals surface area contributed by atoms with E-state index in [4.69, 9.17) is 4.74 Å². The fraction of sp³-hybridized carbons (Fsp3) is 1.00. The molecule has 4 rings (SSSR count). The van der Waals surface area contributed by atoms with E-state index in [9.17, 15) is 0 Å². The van der Waals surface area contributed by atoms with Crippen molar-refractivity contribution in [2.24, 2.45) is 35.0 Å². The second kappa shape index (κ2) is 4.26.